The van der Waals surface area contributed by atoms with Gasteiger partial charge in [-0.1, -0.05) is 23.4 Å². The summed E-state index contributed by atoms with van der Waals surface area (Å²) >= 11 is 0. The molecule has 1 N–H and O–H groups in total. The number of hydrogen-bond acceptors (Lipinski definition) is 5. The predicted octanol–water partition coefficient (Wildman–Crippen LogP) is 1.66. The van der Waals surface area contributed by atoms with Crippen molar-refractivity contribution >= 4 is 5.82 Å². The highest BCUT2D eigenvalue weighted by Gasteiger charge is 2.18. The molecule has 19 heavy (non-hydrogen) atoms. The molecule has 0 aliphatic carbocycles. The van der Waals surface area contributed by atoms with Gasteiger partial charge in [-0.25, -0.2) is 0 Å². The average molecular weight is 259 g/mol. The van der Waals surface area contributed by atoms with E-state index >= 15 is 0 Å². The number of aromatic nitrogens is 1. The normalized spacial score (nSPS) is 15.5. The van der Waals surface area contributed by atoms with Crippen molar-refractivity contribution in [2.45, 2.75) is 6.61 Å². The molecule has 5 nitrogen and oxygen atoms in total. The van der Waals surface area contributed by atoms with Crippen LogP contribution in [0.1, 0.15) is 5.56 Å². The summed E-state index contributed by atoms with van der Waals surface area (Å²) in [5.74, 6) is 1.76. The van der Waals surface area contributed by atoms with Gasteiger partial charge in [0.2, 0.25) is 0 Å². The van der Waals surface area contributed by atoms with E-state index in [0.717, 1.165) is 43.3 Å². The number of anilines is 1. The Labute approximate surface area is 112 Å². The van der Waals surface area contributed by atoms with Crippen LogP contribution in [0.4, 0.5) is 5.82 Å². The van der Waals surface area contributed by atoms with Crippen LogP contribution in [0.15, 0.2) is 41.1 Å². The van der Waals surface area contributed by atoms with Crippen LogP contribution in [-0.4, -0.2) is 31.3 Å². The van der Waals surface area contributed by atoms with Crippen molar-refractivity contribution in [3.8, 4) is 5.75 Å². The first kappa shape index (κ1) is 12.0. The number of piperazine rings is 1. The molecule has 0 atom stereocenters. The zero-order valence-corrected chi connectivity index (χ0v) is 10.7. The topological polar surface area (TPSA) is 50.5 Å². The molecule has 5 heteroatoms. The molecule has 1 fully saturated rings. The molecule has 3 rings (SSSR count). The fourth-order valence-electron chi connectivity index (χ4n) is 2.17. The molecule has 1 saturated heterocycles. The molecule has 1 aromatic heterocycles. The molecule has 1 aliphatic heterocycles. The minimum atomic E-state index is 0.479. The molecule has 100 valence electrons. The third kappa shape index (κ3) is 2.88. The summed E-state index contributed by atoms with van der Waals surface area (Å²) in [5, 5.41) is 7.42. The second-order valence-electron chi connectivity index (χ2n) is 4.50. The van der Waals surface area contributed by atoms with Crippen LogP contribution in [0.25, 0.3) is 0 Å². The third-order valence-electron chi connectivity index (χ3n) is 3.18. The first-order chi connectivity index (χ1) is 9.43. The molecular weight excluding hydrogens is 242 g/mol. The molecule has 0 spiro atoms. The molecule has 0 amide bonds. The first-order valence-electron chi connectivity index (χ1n) is 6.50. The van der Waals surface area contributed by atoms with Gasteiger partial charge in [0.05, 0.1) is 5.56 Å². The van der Waals surface area contributed by atoms with Crippen molar-refractivity contribution in [2.24, 2.45) is 0 Å². The van der Waals surface area contributed by atoms with Crippen LogP contribution in [0.5, 0.6) is 5.75 Å². The van der Waals surface area contributed by atoms with E-state index < -0.39 is 0 Å². The minimum Gasteiger partial charge on any atom is -0.489 e. The summed E-state index contributed by atoms with van der Waals surface area (Å²) in [6, 6.07) is 9.77. The van der Waals surface area contributed by atoms with E-state index in [4.69, 9.17) is 9.26 Å². The van der Waals surface area contributed by atoms with Crippen LogP contribution in [0.3, 0.4) is 0 Å². The maximum absolute atomic E-state index is 5.74. The van der Waals surface area contributed by atoms with Gasteiger partial charge in [-0.05, 0) is 12.1 Å². The molecule has 0 saturated carbocycles. The lowest BCUT2D eigenvalue weighted by atomic mass is 10.3. The van der Waals surface area contributed by atoms with E-state index in [0.29, 0.717) is 6.61 Å². The van der Waals surface area contributed by atoms with Gasteiger partial charge in [0.1, 0.15) is 18.6 Å². The highest BCUT2D eigenvalue weighted by atomic mass is 16.5. The second-order valence-corrected chi connectivity index (χ2v) is 4.50. The summed E-state index contributed by atoms with van der Waals surface area (Å²) < 4.78 is 10.8. The molecule has 0 unspecified atom stereocenters. The summed E-state index contributed by atoms with van der Waals surface area (Å²) in [6.07, 6.45) is 1.67. The molecular formula is C14H17N3O2. The zero-order chi connectivity index (χ0) is 12.9. The second kappa shape index (κ2) is 5.75. The van der Waals surface area contributed by atoms with Crippen molar-refractivity contribution < 1.29 is 9.26 Å². The number of hydrogen-bond donors (Lipinski definition) is 1. The van der Waals surface area contributed by atoms with Gasteiger partial charge in [0.15, 0.2) is 5.82 Å². The number of rotatable bonds is 4. The Bertz CT molecular complexity index is 506. The van der Waals surface area contributed by atoms with E-state index in [2.05, 4.69) is 15.4 Å². The Balaban J connectivity index is 1.66. The molecule has 2 aromatic rings. The predicted molar refractivity (Wildman–Crippen MR) is 72.4 cm³/mol. The van der Waals surface area contributed by atoms with E-state index in [1.807, 2.05) is 30.3 Å². The lowest BCUT2D eigenvalue weighted by molar-refractivity contribution is 0.304. The van der Waals surface area contributed by atoms with Crippen LogP contribution >= 0.6 is 0 Å². The van der Waals surface area contributed by atoms with Crippen molar-refractivity contribution in [3.63, 3.8) is 0 Å². The zero-order valence-electron chi connectivity index (χ0n) is 10.7. The third-order valence-corrected chi connectivity index (χ3v) is 3.18. The summed E-state index contributed by atoms with van der Waals surface area (Å²) in [7, 11) is 0. The van der Waals surface area contributed by atoms with E-state index in [1.54, 1.807) is 6.26 Å². The highest BCUT2D eigenvalue weighted by molar-refractivity contribution is 5.45. The summed E-state index contributed by atoms with van der Waals surface area (Å²) in [4.78, 5) is 2.23. The summed E-state index contributed by atoms with van der Waals surface area (Å²) in [6.45, 7) is 4.33. The number of ether oxygens (including phenoxy) is 1. The van der Waals surface area contributed by atoms with E-state index in [1.165, 1.54) is 0 Å². The fraction of sp³-hybridized carbons (Fsp3) is 0.357. The van der Waals surface area contributed by atoms with Gasteiger partial charge in [-0.3, -0.25) is 0 Å². The Morgan fingerprint density at radius 1 is 1.21 bits per heavy atom. The standard InChI is InChI=1S/C14H17N3O2/c1-2-4-13(5-3-1)18-10-12-11-19-16-14(12)17-8-6-15-7-9-17/h1-5,11,15H,6-10H2. The number of para-hydroxylation sites is 1. The minimum absolute atomic E-state index is 0.479. The first-order valence-corrected chi connectivity index (χ1v) is 6.50. The fourth-order valence-corrected chi connectivity index (χ4v) is 2.17. The van der Waals surface area contributed by atoms with Gasteiger partial charge >= 0.3 is 0 Å². The van der Waals surface area contributed by atoms with Crippen molar-refractivity contribution in [1.29, 1.82) is 0 Å². The van der Waals surface area contributed by atoms with Gasteiger partial charge < -0.3 is 19.5 Å². The van der Waals surface area contributed by atoms with Crippen LogP contribution in [0, 0.1) is 0 Å². The van der Waals surface area contributed by atoms with Crippen molar-refractivity contribution in [3.05, 3.63) is 42.2 Å². The van der Waals surface area contributed by atoms with Crippen molar-refractivity contribution in [2.75, 3.05) is 31.1 Å². The number of nitrogens with one attached hydrogen (secondary N) is 1. The number of benzene rings is 1. The van der Waals surface area contributed by atoms with Crippen LogP contribution in [0.2, 0.25) is 0 Å². The molecule has 1 aliphatic rings. The molecule has 0 radical (unpaired) electrons. The summed E-state index contributed by atoms with van der Waals surface area (Å²) in [5.41, 5.74) is 0.991. The maximum Gasteiger partial charge on any atom is 0.178 e. The van der Waals surface area contributed by atoms with Gasteiger partial charge in [0.25, 0.3) is 0 Å². The molecule has 2 heterocycles. The van der Waals surface area contributed by atoms with Crippen molar-refractivity contribution in [1.82, 2.24) is 10.5 Å². The Morgan fingerprint density at radius 3 is 2.79 bits per heavy atom. The SMILES string of the molecule is c1ccc(OCc2conc2N2CCNCC2)cc1. The van der Waals surface area contributed by atoms with Crippen LogP contribution in [-0.2, 0) is 6.61 Å². The average Bonchev–Trinajstić information content (AvgIpc) is 2.95. The maximum atomic E-state index is 5.74. The van der Waals surface area contributed by atoms with Gasteiger partial charge in [-0.15, -0.1) is 0 Å². The van der Waals surface area contributed by atoms with E-state index in [9.17, 15) is 0 Å². The Hall–Kier alpha value is -2.01. The van der Waals surface area contributed by atoms with Gasteiger partial charge in [0, 0.05) is 26.2 Å². The smallest absolute Gasteiger partial charge is 0.178 e. The van der Waals surface area contributed by atoms with Gasteiger partial charge in [-0.2, -0.15) is 0 Å². The molecule has 0 bridgehead atoms. The monoisotopic (exact) mass is 259 g/mol. The molecule has 1 aromatic carbocycles. The largest absolute Gasteiger partial charge is 0.489 e. The quantitative estimate of drug-likeness (QED) is 0.905. The number of nitrogens with zero attached hydrogens (tertiary/aromatic N) is 2. The lowest BCUT2D eigenvalue weighted by Crippen LogP contribution is -2.44. The Kier molecular flexibility index (Phi) is 3.65. The lowest BCUT2D eigenvalue weighted by Gasteiger charge is -2.27. The highest BCUT2D eigenvalue weighted by Crippen LogP contribution is 2.21. The van der Waals surface area contributed by atoms with Crippen LogP contribution < -0.4 is 15.0 Å². The van der Waals surface area contributed by atoms with E-state index in [-0.39, 0.29) is 0 Å². The Morgan fingerprint density at radius 2 is 2.00 bits per heavy atom.